The van der Waals surface area contributed by atoms with E-state index in [2.05, 4.69) is 10.6 Å². The summed E-state index contributed by atoms with van der Waals surface area (Å²) in [4.78, 5) is 29.0. The monoisotopic (exact) mass is 672 g/mol. The molecule has 47 heavy (non-hydrogen) atoms. The van der Waals surface area contributed by atoms with Gasteiger partial charge in [-0.05, 0) is 76.3 Å². The van der Waals surface area contributed by atoms with Crippen LogP contribution < -0.4 is 15.4 Å². The van der Waals surface area contributed by atoms with Crippen molar-refractivity contribution in [3.63, 3.8) is 0 Å². The van der Waals surface area contributed by atoms with E-state index in [9.17, 15) is 23.1 Å². The van der Waals surface area contributed by atoms with Crippen molar-refractivity contribution in [3.8, 4) is 5.75 Å². The van der Waals surface area contributed by atoms with E-state index in [0.29, 0.717) is 18.0 Å². The highest BCUT2D eigenvalue weighted by Crippen LogP contribution is 2.29. The van der Waals surface area contributed by atoms with Crippen LogP contribution in [0.25, 0.3) is 0 Å². The summed E-state index contributed by atoms with van der Waals surface area (Å²) in [7, 11) is -2.22. The van der Waals surface area contributed by atoms with E-state index in [1.807, 2.05) is 13.8 Å². The van der Waals surface area contributed by atoms with Gasteiger partial charge in [0.1, 0.15) is 5.75 Å². The summed E-state index contributed by atoms with van der Waals surface area (Å²) in [6.45, 7) is 6.08. The number of ether oxygens (including phenoxy) is 2. The second-order valence-electron chi connectivity index (χ2n) is 13.0. The minimum absolute atomic E-state index is 0.0915. The van der Waals surface area contributed by atoms with Gasteiger partial charge in [0.25, 0.3) is 5.91 Å². The third-order valence-electron chi connectivity index (χ3n) is 9.14. The molecule has 1 aliphatic heterocycles. The first-order valence-corrected chi connectivity index (χ1v) is 18.4. The van der Waals surface area contributed by atoms with Gasteiger partial charge in [-0.15, -0.1) is 0 Å². The van der Waals surface area contributed by atoms with Crippen LogP contribution in [0.15, 0.2) is 53.4 Å². The molecule has 1 aliphatic carbocycles. The number of nitrogens with zero attached hydrogens (tertiary/aromatic N) is 2. The van der Waals surface area contributed by atoms with Gasteiger partial charge in [0.05, 0.1) is 35.3 Å². The van der Waals surface area contributed by atoms with Crippen LogP contribution in [-0.4, -0.2) is 92.3 Å². The molecule has 0 unspecified atom stereocenters. The van der Waals surface area contributed by atoms with Crippen LogP contribution in [0, 0.1) is 5.92 Å². The Morgan fingerprint density at radius 2 is 1.74 bits per heavy atom. The number of anilines is 1. The molecule has 4 atom stereocenters. The molecule has 12 heteroatoms. The molecule has 0 radical (unpaired) electrons. The molecular formula is C35H52N4O7S. The molecule has 1 heterocycles. The molecule has 0 saturated heterocycles. The normalized spacial score (nSPS) is 22.9. The van der Waals surface area contributed by atoms with Gasteiger partial charge in [-0.25, -0.2) is 13.2 Å². The number of aliphatic hydroxyl groups excluding tert-OH is 1. The summed E-state index contributed by atoms with van der Waals surface area (Å²) in [5, 5.41) is 16.2. The maximum Gasteiger partial charge on any atom is 0.319 e. The fourth-order valence-corrected chi connectivity index (χ4v) is 7.39. The van der Waals surface area contributed by atoms with Crippen molar-refractivity contribution in [1.82, 2.24) is 14.5 Å². The van der Waals surface area contributed by atoms with Gasteiger partial charge in [0.2, 0.25) is 10.0 Å². The van der Waals surface area contributed by atoms with Crippen molar-refractivity contribution < 1.29 is 32.6 Å². The first-order chi connectivity index (χ1) is 22.5. The molecule has 0 bridgehead atoms. The average Bonchev–Trinajstić information content (AvgIpc) is 3.06. The van der Waals surface area contributed by atoms with Crippen LogP contribution in [0.4, 0.5) is 10.5 Å². The number of sulfonamides is 1. The second-order valence-corrected chi connectivity index (χ2v) is 15.1. The molecule has 2 aliphatic rings. The Labute approximate surface area is 280 Å². The van der Waals surface area contributed by atoms with E-state index in [4.69, 9.17) is 9.47 Å². The van der Waals surface area contributed by atoms with Crippen LogP contribution in [-0.2, 0) is 14.8 Å². The summed E-state index contributed by atoms with van der Waals surface area (Å²) in [6.07, 6.45) is 6.85. The number of rotatable bonds is 8. The number of likely N-dealkylation sites (N-methyl/N-ethyl adjacent to an activating group) is 1. The fraction of sp³-hybridized carbons (Fsp3) is 0.600. The molecule has 4 rings (SSSR count). The van der Waals surface area contributed by atoms with Crippen molar-refractivity contribution >= 4 is 27.6 Å². The molecule has 1 fully saturated rings. The van der Waals surface area contributed by atoms with E-state index < -0.39 is 22.2 Å². The number of urea groups is 1. The number of amides is 3. The predicted octanol–water partition coefficient (Wildman–Crippen LogP) is 5.26. The van der Waals surface area contributed by atoms with Gasteiger partial charge in [-0.1, -0.05) is 44.4 Å². The summed E-state index contributed by atoms with van der Waals surface area (Å²) in [5.74, 6) is -0.254. The standard InChI is InChI=1S/C35H52N4O7S/c1-25-22-39(26(2)24-40)34(41)31-21-29(37-35(42)36-28-14-7-5-8-15-28)18-19-32(31)46-27(3)13-11-12-20-45-33(25)23-38(4)47(43,44)30-16-9-6-10-17-30/h6,9-10,16-19,21,25-28,33,40H,5,7-8,11-15,20,22-24H2,1-4H3,(H2,36,37,42)/t25-,26+,27-,33-/m0/s1. The van der Waals surface area contributed by atoms with Crippen LogP contribution in [0.3, 0.4) is 0 Å². The molecule has 2 aromatic rings. The van der Waals surface area contributed by atoms with Gasteiger partial charge >= 0.3 is 6.03 Å². The maximum atomic E-state index is 14.3. The van der Waals surface area contributed by atoms with E-state index in [1.165, 1.54) is 17.8 Å². The first kappa shape index (κ1) is 36.6. The van der Waals surface area contributed by atoms with Crippen molar-refractivity contribution in [2.24, 2.45) is 5.92 Å². The quantitative estimate of drug-likeness (QED) is 0.348. The lowest BCUT2D eigenvalue weighted by Crippen LogP contribution is -2.48. The van der Waals surface area contributed by atoms with E-state index in [-0.39, 0.29) is 60.2 Å². The number of carbonyl (C=O) groups excluding carboxylic acids is 2. The Kier molecular flexibility index (Phi) is 13.5. The number of fused-ring (bicyclic) bond motifs is 1. The minimum Gasteiger partial charge on any atom is -0.490 e. The molecule has 0 spiro atoms. The molecule has 0 aromatic heterocycles. The first-order valence-electron chi connectivity index (χ1n) is 16.9. The third-order valence-corrected chi connectivity index (χ3v) is 11.0. The number of benzene rings is 2. The summed E-state index contributed by atoms with van der Waals surface area (Å²) in [6, 6.07) is 12.6. The van der Waals surface area contributed by atoms with Gasteiger partial charge in [-0.2, -0.15) is 4.31 Å². The number of carbonyl (C=O) groups is 2. The van der Waals surface area contributed by atoms with E-state index in [0.717, 1.165) is 44.9 Å². The minimum atomic E-state index is -3.76. The summed E-state index contributed by atoms with van der Waals surface area (Å²) in [5.41, 5.74) is 0.736. The topological polar surface area (TPSA) is 138 Å². The van der Waals surface area contributed by atoms with E-state index in [1.54, 1.807) is 60.4 Å². The van der Waals surface area contributed by atoms with Gasteiger partial charge in [0.15, 0.2) is 0 Å². The Morgan fingerprint density at radius 1 is 1.04 bits per heavy atom. The second kappa shape index (κ2) is 17.3. The molecule has 2 aromatic carbocycles. The molecule has 260 valence electrons. The van der Waals surface area contributed by atoms with Crippen molar-refractivity contribution in [3.05, 3.63) is 54.1 Å². The number of aliphatic hydroxyl groups is 1. The zero-order chi connectivity index (χ0) is 34.0. The van der Waals surface area contributed by atoms with Crippen molar-refractivity contribution in [2.75, 3.05) is 38.7 Å². The molecule has 3 amide bonds. The smallest absolute Gasteiger partial charge is 0.319 e. The summed E-state index contributed by atoms with van der Waals surface area (Å²) < 4.78 is 40.6. The highest BCUT2D eigenvalue weighted by atomic mass is 32.2. The predicted molar refractivity (Wildman–Crippen MR) is 182 cm³/mol. The Balaban J connectivity index is 1.60. The number of hydrogen-bond donors (Lipinski definition) is 3. The molecule has 11 nitrogen and oxygen atoms in total. The Bertz CT molecular complexity index is 1420. The van der Waals surface area contributed by atoms with Crippen LogP contribution in [0.2, 0.25) is 0 Å². The fourth-order valence-electron chi connectivity index (χ4n) is 6.19. The van der Waals surface area contributed by atoms with Gasteiger partial charge in [0, 0.05) is 44.4 Å². The Morgan fingerprint density at radius 3 is 2.45 bits per heavy atom. The van der Waals surface area contributed by atoms with Crippen molar-refractivity contribution in [2.45, 2.75) is 101 Å². The lowest BCUT2D eigenvalue weighted by Gasteiger charge is -2.35. The summed E-state index contributed by atoms with van der Waals surface area (Å²) >= 11 is 0. The molecular weight excluding hydrogens is 620 g/mol. The van der Waals surface area contributed by atoms with Crippen LogP contribution in [0.5, 0.6) is 5.75 Å². The lowest BCUT2D eigenvalue weighted by atomic mass is 9.96. The molecule has 1 saturated carbocycles. The highest BCUT2D eigenvalue weighted by molar-refractivity contribution is 7.89. The van der Waals surface area contributed by atoms with E-state index >= 15 is 0 Å². The SMILES string of the molecule is C[C@H](CO)N1C[C@H](C)[C@H](CN(C)S(=O)(=O)c2ccccc2)OCCCC[C@H](C)Oc2ccc(NC(=O)NC3CCCCC3)cc2C1=O. The number of hydrogen-bond acceptors (Lipinski definition) is 7. The molecule has 3 N–H and O–H groups in total. The average molecular weight is 673 g/mol. The number of nitrogens with one attached hydrogen (secondary N) is 2. The lowest BCUT2D eigenvalue weighted by molar-refractivity contribution is -0.00833. The Hall–Kier alpha value is -3.19. The van der Waals surface area contributed by atoms with Crippen molar-refractivity contribution in [1.29, 1.82) is 0 Å². The van der Waals surface area contributed by atoms with Crippen LogP contribution in [0.1, 0.15) is 82.5 Å². The van der Waals surface area contributed by atoms with Crippen LogP contribution >= 0.6 is 0 Å². The zero-order valence-corrected chi connectivity index (χ0v) is 29.0. The van der Waals surface area contributed by atoms with Gasteiger partial charge in [-0.3, -0.25) is 4.79 Å². The van der Waals surface area contributed by atoms with Gasteiger partial charge < -0.3 is 30.1 Å². The largest absolute Gasteiger partial charge is 0.490 e. The third kappa shape index (κ3) is 10.2. The maximum absolute atomic E-state index is 14.3. The highest BCUT2D eigenvalue weighted by Gasteiger charge is 2.32. The zero-order valence-electron chi connectivity index (χ0n) is 28.2.